The maximum absolute atomic E-state index is 11.9. The summed E-state index contributed by atoms with van der Waals surface area (Å²) in [5.41, 5.74) is 6.71. The topological polar surface area (TPSA) is 64.3 Å². The minimum absolute atomic E-state index is 0.000370. The molecule has 2 aliphatic rings. The molecule has 21 heavy (non-hydrogen) atoms. The lowest BCUT2D eigenvalue weighted by atomic mass is 10.0. The molecule has 0 unspecified atom stereocenters. The number of benzene rings is 1. The van der Waals surface area contributed by atoms with Crippen LogP contribution in [0.3, 0.4) is 0 Å². The minimum atomic E-state index is -0.0836. The van der Waals surface area contributed by atoms with Gasteiger partial charge in [-0.1, -0.05) is 24.4 Å². The van der Waals surface area contributed by atoms with E-state index in [1.807, 2.05) is 12.1 Å². The second kappa shape index (κ2) is 5.64. The molecule has 1 amide bonds. The highest BCUT2D eigenvalue weighted by Crippen LogP contribution is 2.60. The number of thiocarbonyl (C=S) groups is 1. The molecule has 5 heteroatoms. The van der Waals surface area contributed by atoms with Crippen LogP contribution in [-0.4, -0.2) is 24.0 Å². The van der Waals surface area contributed by atoms with Gasteiger partial charge in [-0.3, -0.25) is 4.79 Å². The SMILES string of the molecule is NC(=S)c1ccccc1OCC(=O)NCC1(C2CC2)CC1. The van der Waals surface area contributed by atoms with Crippen molar-refractivity contribution in [3.8, 4) is 5.75 Å². The average Bonchev–Trinajstić information content (AvgIpc) is 3.36. The van der Waals surface area contributed by atoms with Gasteiger partial charge in [0.1, 0.15) is 10.7 Å². The van der Waals surface area contributed by atoms with Crippen molar-refractivity contribution in [2.24, 2.45) is 17.1 Å². The van der Waals surface area contributed by atoms with Crippen LogP contribution < -0.4 is 15.8 Å². The molecule has 112 valence electrons. The normalized spacial score (nSPS) is 18.9. The Morgan fingerprint density at radius 2 is 2.10 bits per heavy atom. The van der Waals surface area contributed by atoms with E-state index in [0.717, 1.165) is 12.5 Å². The van der Waals surface area contributed by atoms with E-state index in [1.165, 1.54) is 25.7 Å². The predicted octanol–water partition coefficient (Wildman–Crippen LogP) is 2.01. The molecule has 3 N–H and O–H groups in total. The molecule has 2 saturated carbocycles. The lowest BCUT2D eigenvalue weighted by Crippen LogP contribution is -2.34. The molecule has 1 aromatic rings. The van der Waals surface area contributed by atoms with Gasteiger partial charge < -0.3 is 15.8 Å². The van der Waals surface area contributed by atoms with Crippen LogP contribution in [0.15, 0.2) is 24.3 Å². The van der Waals surface area contributed by atoms with Crippen LogP contribution in [0.1, 0.15) is 31.2 Å². The van der Waals surface area contributed by atoms with E-state index in [1.54, 1.807) is 12.1 Å². The van der Waals surface area contributed by atoms with Gasteiger partial charge in [0.15, 0.2) is 6.61 Å². The zero-order valence-electron chi connectivity index (χ0n) is 11.9. The largest absolute Gasteiger partial charge is 0.483 e. The Balaban J connectivity index is 1.48. The Hall–Kier alpha value is -1.62. The second-order valence-electron chi connectivity index (χ2n) is 6.06. The minimum Gasteiger partial charge on any atom is -0.483 e. The molecular formula is C16H20N2O2S. The van der Waals surface area contributed by atoms with E-state index < -0.39 is 0 Å². The molecule has 0 aliphatic heterocycles. The zero-order valence-corrected chi connectivity index (χ0v) is 12.7. The number of para-hydroxylation sites is 1. The van der Waals surface area contributed by atoms with Crippen LogP contribution in [0.4, 0.5) is 0 Å². The zero-order chi connectivity index (χ0) is 14.9. The monoisotopic (exact) mass is 304 g/mol. The van der Waals surface area contributed by atoms with Crippen molar-refractivity contribution in [1.29, 1.82) is 0 Å². The maximum Gasteiger partial charge on any atom is 0.257 e. The first-order valence-electron chi connectivity index (χ1n) is 7.39. The molecule has 2 aliphatic carbocycles. The summed E-state index contributed by atoms with van der Waals surface area (Å²) in [6.07, 6.45) is 5.16. The highest BCUT2D eigenvalue weighted by atomic mass is 32.1. The number of hydrogen-bond acceptors (Lipinski definition) is 3. The van der Waals surface area contributed by atoms with Crippen LogP contribution in [0.5, 0.6) is 5.75 Å². The summed E-state index contributed by atoms with van der Waals surface area (Å²) in [6.45, 7) is 0.789. The van der Waals surface area contributed by atoms with E-state index in [2.05, 4.69) is 5.32 Å². The van der Waals surface area contributed by atoms with Gasteiger partial charge in [-0.15, -0.1) is 0 Å². The molecule has 0 atom stereocenters. The molecule has 0 saturated heterocycles. The van der Waals surface area contributed by atoms with Gasteiger partial charge in [0.05, 0.1) is 5.56 Å². The van der Waals surface area contributed by atoms with E-state index in [0.29, 0.717) is 16.7 Å². The fourth-order valence-corrected chi connectivity index (χ4v) is 3.02. The molecule has 0 bridgehead atoms. The first-order chi connectivity index (χ1) is 10.1. The number of nitrogens with two attached hydrogens (primary N) is 1. The Labute approximate surface area is 130 Å². The predicted molar refractivity (Wildman–Crippen MR) is 85.2 cm³/mol. The first kappa shape index (κ1) is 14.3. The van der Waals surface area contributed by atoms with Crippen LogP contribution in [0, 0.1) is 11.3 Å². The van der Waals surface area contributed by atoms with E-state index in [-0.39, 0.29) is 17.5 Å². The van der Waals surface area contributed by atoms with Crippen LogP contribution in [-0.2, 0) is 4.79 Å². The number of amides is 1. The number of carbonyl (C=O) groups is 1. The summed E-state index contributed by atoms with van der Waals surface area (Å²) < 4.78 is 5.54. The molecule has 0 spiro atoms. The number of hydrogen-bond donors (Lipinski definition) is 2. The fourth-order valence-electron chi connectivity index (χ4n) is 2.85. The van der Waals surface area contributed by atoms with Gasteiger partial charge in [0.2, 0.25) is 0 Å². The lowest BCUT2D eigenvalue weighted by molar-refractivity contribution is -0.123. The summed E-state index contributed by atoms with van der Waals surface area (Å²) in [6, 6.07) is 7.24. The van der Waals surface area contributed by atoms with Crippen LogP contribution in [0.25, 0.3) is 0 Å². The molecular weight excluding hydrogens is 284 g/mol. The smallest absolute Gasteiger partial charge is 0.257 e. The molecule has 0 radical (unpaired) electrons. The Morgan fingerprint density at radius 3 is 2.71 bits per heavy atom. The van der Waals surface area contributed by atoms with Gasteiger partial charge in [-0.25, -0.2) is 0 Å². The summed E-state index contributed by atoms with van der Waals surface area (Å²) in [7, 11) is 0. The van der Waals surface area contributed by atoms with Crippen molar-refractivity contribution in [3.05, 3.63) is 29.8 Å². The number of ether oxygens (including phenoxy) is 1. The maximum atomic E-state index is 11.9. The van der Waals surface area contributed by atoms with E-state index in [9.17, 15) is 4.79 Å². The van der Waals surface area contributed by atoms with Crippen molar-refractivity contribution in [2.75, 3.05) is 13.2 Å². The van der Waals surface area contributed by atoms with Gasteiger partial charge in [-0.05, 0) is 49.1 Å². The average molecular weight is 304 g/mol. The number of carbonyl (C=O) groups excluding carboxylic acids is 1. The standard InChI is InChI=1S/C16H20N2O2S/c17-15(21)12-3-1-2-4-13(12)20-9-14(19)18-10-16(7-8-16)11-5-6-11/h1-4,11H,5-10H2,(H2,17,21)(H,18,19). The molecule has 2 fully saturated rings. The third-order valence-electron chi connectivity index (χ3n) is 4.48. The Morgan fingerprint density at radius 1 is 1.38 bits per heavy atom. The van der Waals surface area contributed by atoms with Crippen molar-refractivity contribution in [3.63, 3.8) is 0 Å². The molecule has 0 aromatic heterocycles. The summed E-state index contributed by atoms with van der Waals surface area (Å²) in [4.78, 5) is 12.2. The first-order valence-corrected chi connectivity index (χ1v) is 7.80. The third-order valence-corrected chi connectivity index (χ3v) is 4.70. The summed E-state index contributed by atoms with van der Waals surface area (Å²) >= 11 is 4.97. The molecule has 3 rings (SSSR count). The van der Waals surface area contributed by atoms with Crippen molar-refractivity contribution < 1.29 is 9.53 Å². The van der Waals surface area contributed by atoms with Crippen molar-refractivity contribution in [1.82, 2.24) is 5.32 Å². The summed E-state index contributed by atoms with van der Waals surface area (Å²) in [5, 5.41) is 3.00. The quantitative estimate of drug-likeness (QED) is 0.756. The fraction of sp³-hybridized carbons (Fsp3) is 0.500. The van der Waals surface area contributed by atoms with Gasteiger partial charge >= 0.3 is 0 Å². The lowest BCUT2D eigenvalue weighted by Gasteiger charge is -2.15. The van der Waals surface area contributed by atoms with Gasteiger partial charge in [0.25, 0.3) is 5.91 Å². The van der Waals surface area contributed by atoms with Crippen LogP contribution in [0.2, 0.25) is 0 Å². The van der Waals surface area contributed by atoms with Crippen LogP contribution >= 0.6 is 12.2 Å². The molecule has 4 nitrogen and oxygen atoms in total. The molecule has 0 heterocycles. The van der Waals surface area contributed by atoms with Crippen molar-refractivity contribution >= 4 is 23.1 Å². The number of nitrogens with one attached hydrogen (secondary N) is 1. The Kier molecular flexibility index (Phi) is 3.85. The highest BCUT2D eigenvalue weighted by Gasteiger charge is 2.53. The highest BCUT2D eigenvalue weighted by molar-refractivity contribution is 7.80. The number of rotatable bonds is 7. The molecule has 1 aromatic carbocycles. The van der Waals surface area contributed by atoms with E-state index >= 15 is 0 Å². The third kappa shape index (κ3) is 3.35. The van der Waals surface area contributed by atoms with Gasteiger partial charge in [-0.2, -0.15) is 0 Å². The van der Waals surface area contributed by atoms with Crippen molar-refractivity contribution in [2.45, 2.75) is 25.7 Å². The van der Waals surface area contributed by atoms with E-state index in [4.69, 9.17) is 22.7 Å². The second-order valence-corrected chi connectivity index (χ2v) is 6.50. The summed E-state index contributed by atoms with van der Waals surface area (Å²) in [5.74, 6) is 1.32. The Bertz CT molecular complexity index is 565. The van der Waals surface area contributed by atoms with Gasteiger partial charge in [0, 0.05) is 6.54 Å².